The van der Waals surface area contributed by atoms with Crippen molar-refractivity contribution in [1.29, 1.82) is 0 Å². The zero-order valence-corrected chi connectivity index (χ0v) is 14.4. The fourth-order valence-corrected chi connectivity index (χ4v) is 2.53. The van der Waals surface area contributed by atoms with Crippen LogP contribution in [0.1, 0.15) is 43.7 Å². The zero-order valence-electron chi connectivity index (χ0n) is 14.4. The maximum absolute atomic E-state index is 12.4. The number of benzene rings is 2. The molecule has 0 saturated heterocycles. The van der Waals surface area contributed by atoms with Gasteiger partial charge in [-0.1, -0.05) is 52.0 Å². The van der Waals surface area contributed by atoms with Gasteiger partial charge in [0.25, 0.3) is 0 Å². The average molecular weight is 322 g/mol. The van der Waals surface area contributed by atoms with Crippen LogP contribution in [0.2, 0.25) is 0 Å². The minimum absolute atomic E-state index is 0.0699. The number of aliphatic imine (C=N–C) groups is 1. The number of nitrogens with one attached hydrogen (secondary N) is 1. The molecule has 1 aliphatic rings. The summed E-state index contributed by atoms with van der Waals surface area (Å²) in [6, 6.07) is 14.5. The first kappa shape index (κ1) is 17.5. The Morgan fingerprint density at radius 3 is 2.21 bits per heavy atom. The van der Waals surface area contributed by atoms with E-state index in [-0.39, 0.29) is 17.2 Å². The largest absolute Gasteiger partial charge is 0.505 e. The van der Waals surface area contributed by atoms with Crippen molar-refractivity contribution in [2.45, 2.75) is 27.7 Å². The van der Waals surface area contributed by atoms with Crippen LogP contribution in [-0.2, 0) is 0 Å². The molecule has 1 aliphatic heterocycles. The lowest BCUT2D eigenvalue weighted by atomic mass is 10.1. The smallest absolute Gasteiger partial charge is 0.215 e. The zero-order chi connectivity index (χ0) is 17.7. The Balaban J connectivity index is 0.000000487. The first-order chi connectivity index (χ1) is 11.8. The highest BCUT2D eigenvalue weighted by Gasteiger charge is 2.29. The van der Waals surface area contributed by atoms with E-state index in [1.54, 1.807) is 24.3 Å². The van der Waals surface area contributed by atoms with Gasteiger partial charge in [0.05, 0.1) is 5.69 Å². The molecule has 0 bridgehead atoms. The third-order valence-electron chi connectivity index (χ3n) is 3.51. The maximum Gasteiger partial charge on any atom is 0.215 e. The molecule has 0 spiro atoms. The number of H-pyrrole nitrogens is 1. The molecule has 124 valence electrons. The van der Waals surface area contributed by atoms with Gasteiger partial charge in [-0.15, -0.1) is 0 Å². The first-order valence-electron chi connectivity index (χ1n) is 8.28. The number of Topliss-reactive ketones (excluding diaryl/α,β-unsaturated/α-hetero) is 1. The normalized spacial score (nSPS) is 11.8. The summed E-state index contributed by atoms with van der Waals surface area (Å²) in [6.07, 6.45) is 0. The van der Waals surface area contributed by atoms with Gasteiger partial charge >= 0.3 is 0 Å². The Hall–Kier alpha value is -2.88. The molecule has 3 aromatic rings. The fraction of sp³-hybridized carbons (Fsp3) is 0.200. The number of rotatable bonds is 1. The predicted octanol–water partition coefficient (Wildman–Crippen LogP) is 5.24. The number of para-hydroxylation sites is 2. The van der Waals surface area contributed by atoms with Gasteiger partial charge in [-0.2, -0.15) is 0 Å². The minimum atomic E-state index is -0.164. The summed E-state index contributed by atoms with van der Waals surface area (Å²) in [7, 11) is 0. The molecule has 0 unspecified atom stereocenters. The van der Waals surface area contributed by atoms with E-state index < -0.39 is 0 Å². The molecule has 4 rings (SSSR count). The summed E-state index contributed by atoms with van der Waals surface area (Å²) < 4.78 is 0. The summed E-state index contributed by atoms with van der Waals surface area (Å²) in [5.41, 5.74) is 2.64. The highest BCUT2D eigenvalue weighted by molar-refractivity contribution is 6.55. The summed E-state index contributed by atoms with van der Waals surface area (Å²) in [4.78, 5) is 19.8. The van der Waals surface area contributed by atoms with Crippen LogP contribution in [0.5, 0.6) is 5.75 Å². The second kappa shape index (κ2) is 7.59. The van der Waals surface area contributed by atoms with E-state index in [0.29, 0.717) is 22.3 Å². The highest BCUT2D eigenvalue weighted by atomic mass is 16.3. The average Bonchev–Trinajstić information content (AvgIpc) is 3.17. The van der Waals surface area contributed by atoms with Crippen molar-refractivity contribution in [3.05, 3.63) is 59.8 Å². The van der Waals surface area contributed by atoms with Gasteiger partial charge in [0.2, 0.25) is 5.78 Å². The van der Waals surface area contributed by atoms with Gasteiger partial charge in [0.1, 0.15) is 11.4 Å². The lowest BCUT2D eigenvalue weighted by molar-refractivity contribution is 0.107. The Labute approximate surface area is 141 Å². The first-order valence-corrected chi connectivity index (χ1v) is 8.28. The van der Waals surface area contributed by atoms with E-state index in [1.165, 1.54) is 0 Å². The molecular weight excluding hydrogens is 300 g/mol. The molecule has 24 heavy (non-hydrogen) atoms. The number of aromatic nitrogens is 1. The molecule has 0 radical (unpaired) electrons. The molecule has 0 amide bonds. The number of ketones is 1. The van der Waals surface area contributed by atoms with Crippen LogP contribution in [0.15, 0.2) is 53.5 Å². The van der Waals surface area contributed by atoms with E-state index in [9.17, 15) is 9.90 Å². The molecule has 0 fully saturated rings. The van der Waals surface area contributed by atoms with Gasteiger partial charge in [-0.25, -0.2) is 4.99 Å². The van der Waals surface area contributed by atoms with Crippen LogP contribution in [0.25, 0.3) is 10.9 Å². The van der Waals surface area contributed by atoms with E-state index in [1.807, 2.05) is 52.0 Å². The van der Waals surface area contributed by atoms with Gasteiger partial charge in [-0.05, 0) is 24.3 Å². The summed E-state index contributed by atoms with van der Waals surface area (Å²) in [6.45, 7) is 8.00. The lowest BCUT2D eigenvalue weighted by Crippen LogP contribution is -2.11. The quantitative estimate of drug-likeness (QED) is 0.643. The second-order valence-corrected chi connectivity index (χ2v) is 4.70. The Kier molecular flexibility index (Phi) is 5.53. The van der Waals surface area contributed by atoms with Crippen LogP contribution < -0.4 is 0 Å². The molecule has 2 N–H and O–H groups in total. The number of aromatic amines is 1. The minimum Gasteiger partial charge on any atom is -0.505 e. The molecule has 2 aromatic carbocycles. The van der Waals surface area contributed by atoms with Gasteiger partial charge in [-0.3, -0.25) is 4.79 Å². The van der Waals surface area contributed by atoms with E-state index >= 15 is 0 Å². The fourth-order valence-electron chi connectivity index (χ4n) is 2.53. The van der Waals surface area contributed by atoms with E-state index in [4.69, 9.17) is 0 Å². The van der Waals surface area contributed by atoms with Crippen LogP contribution >= 0.6 is 0 Å². The SMILES string of the molecule is CC.CC.O=C1C(c2[nH]c3ccccc3c2O)=Nc2ccccc21. The van der Waals surface area contributed by atoms with Crippen molar-refractivity contribution in [3.63, 3.8) is 0 Å². The third-order valence-corrected chi connectivity index (χ3v) is 3.51. The Bertz CT molecular complexity index is 892. The number of carbonyl (C=O) groups is 1. The summed E-state index contributed by atoms with van der Waals surface area (Å²) in [5.74, 6) is -0.0945. The van der Waals surface area contributed by atoms with Crippen molar-refractivity contribution in [1.82, 2.24) is 4.98 Å². The van der Waals surface area contributed by atoms with Crippen molar-refractivity contribution >= 4 is 28.1 Å². The number of hydrogen-bond acceptors (Lipinski definition) is 3. The molecule has 0 saturated carbocycles. The maximum atomic E-state index is 12.4. The standard InChI is InChI=1S/C16H10N2O2.2C2H6/c19-15-9-5-1-3-7-11(9)17-13(15)14-16(20)10-6-2-4-8-12(10)18-14;2*1-2/h1-8,17,19H;2*1-2H3. The molecule has 0 aliphatic carbocycles. The third kappa shape index (κ3) is 2.83. The number of hydrogen-bond donors (Lipinski definition) is 2. The molecule has 4 nitrogen and oxygen atoms in total. The van der Waals surface area contributed by atoms with E-state index in [0.717, 1.165) is 5.52 Å². The summed E-state index contributed by atoms with van der Waals surface area (Å²) >= 11 is 0. The van der Waals surface area contributed by atoms with Crippen molar-refractivity contribution < 1.29 is 9.90 Å². The predicted molar refractivity (Wildman–Crippen MR) is 99.6 cm³/mol. The number of fused-ring (bicyclic) bond motifs is 2. The topological polar surface area (TPSA) is 65.5 Å². The van der Waals surface area contributed by atoms with Crippen molar-refractivity contribution in [2.24, 2.45) is 4.99 Å². The van der Waals surface area contributed by atoms with Gasteiger partial charge in [0.15, 0.2) is 5.75 Å². The van der Waals surface area contributed by atoms with E-state index in [2.05, 4.69) is 9.98 Å². The van der Waals surface area contributed by atoms with Crippen LogP contribution in [0.4, 0.5) is 5.69 Å². The molecular formula is C20H22N2O2. The van der Waals surface area contributed by atoms with Gasteiger partial charge < -0.3 is 10.1 Å². The highest BCUT2D eigenvalue weighted by Crippen LogP contribution is 2.34. The lowest BCUT2D eigenvalue weighted by Gasteiger charge is -1.96. The Morgan fingerprint density at radius 1 is 0.917 bits per heavy atom. The molecule has 2 heterocycles. The van der Waals surface area contributed by atoms with Crippen LogP contribution in [-0.4, -0.2) is 21.6 Å². The number of aromatic hydroxyl groups is 1. The van der Waals surface area contributed by atoms with Crippen LogP contribution in [0.3, 0.4) is 0 Å². The molecule has 0 atom stereocenters. The monoisotopic (exact) mass is 322 g/mol. The number of carbonyl (C=O) groups excluding carboxylic acids is 1. The van der Waals surface area contributed by atoms with Gasteiger partial charge in [0, 0.05) is 16.5 Å². The van der Waals surface area contributed by atoms with Crippen molar-refractivity contribution in [2.75, 3.05) is 0 Å². The number of nitrogens with zero attached hydrogens (tertiary/aromatic N) is 1. The molecule has 1 aromatic heterocycles. The van der Waals surface area contributed by atoms with Crippen LogP contribution in [0, 0.1) is 0 Å². The summed E-state index contributed by atoms with van der Waals surface area (Å²) in [5, 5.41) is 11.0. The Morgan fingerprint density at radius 2 is 1.54 bits per heavy atom. The van der Waals surface area contributed by atoms with Crippen molar-refractivity contribution in [3.8, 4) is 5.75 Å². The molecule has 4 heteroatoms. The second-order valence-electron chi connectivity index (χ2n) is 4.70.